The number of hydrogen-bond acceptors (Lipinski definition) is 6. The van der Waals surface area contributed by atoms with E-state index < -0.39 is 0 Å². The molecule has 0 aromatic carbocycles. The summed E-state index contributed by atoms with van der Waals surface area (Å²) < 4.78 is 10.6. The summed E-state index contributed by atoms with van der Waals surface area (Å²) in [5.41, 5.74) is 0.809. The molecule has 1 amide bonds. The number of nitrogens with zero attached hydrogens (tertiary/aromatic N) is 3. The molecule has 3 heterocycles. The molecule has 7 nitrogen and oxygen atoms in total. The lowest BCUT2D eigenvalue weighted by molar-refractivity contribution is -0.123. The summed E-state index contributed by atoms with van der Waals surface area (Å²) in [5, 5.41) is 6.82. The molecule has 1 aliphatic rings. The van der Waals surface area contributed by atoms with Gasteiger partial charge in [-0.1, -0.05) is 5.16 Å². The second kappa shape index (κ2) is 7.82. The summed E-state index contributed by atoms with van der Waals surface area (Å²) in [5.74, 6) is 1.40. The zero-order chi connectivity index (χ0) is 15.9. The molecule has 122 valence electrons. The van der Waals surface area contributed by atoms with Crippen LogP contribution in [0.1, 0.15) is 25.2 Å². The van der Waals surface area contributed by atoms with Crippen molar-refractivity contribution in [2.45, 2.75) is 25.7 Å². The fraction of sp³-hybridized carbons (Fsp3) is 0.500. The number of aromatic nitrogens is 3. The Morgan fingerprint density at radius 1 is 1.43 bits per heavy atom. The predicted molar refractivity (Wildman–Crippen MR) is 82.4 cm³/mol. The smallest absolute Gasteiger partial charge is 0.228 e. The summed E-state index contributed by atoms with van der Waals surface area (Å²) in [6.45, 7) is 1.99. The first kappa shape index (κ1) is 15.6. The zero-order valence-corrected chi connectivity index (χ0v) is 12.9. The Hall–Kier alpha value is -2.28. The van der Waals surface area contributed by atoms with Crippen LogP contribution in [0.4, 0.5) is 0 Å². The van der Waals surface area contributed by atoms with Crippen molar-refractivity contribution in [3.05, 3.63) is 30.4 Å². The fourth-order valence-electron chi connectivity index (χ4n) is 2.58. The van der Waals surface area contributed by atoms with Gasteiger partial charge in [-0.3, -0.25) is 9.78 Å². The Morgan fingerprint density at radius 2 is 2.39 bits per heavy atom. The maximum atomic E-state index is 11.9. The Balaban J connectivity index is 1.42. The highest BCUT2D eigenvalue weighted by Crippen LogP contribution is 2.17. The number of amides is 1. The average molecular weight is 316 g/mol. The van der Waals surface area contributed by atoms with E-state index in [1.54, 1.807) is 12.4 Å². The van der Waals surface area contributed by atoms with E-state index in [2.05, 4.69) is 20.4 Å². The van der Waals surface area contributed by atoms with Crippen LogP contribution in [0, 0.1) is 5.92 Å². The molecule has 1 fully saturated rings. The third kappa shape index (κ3) is 4.59. The fourth-order valence-corrected chi connectivity index (χ4v) is 2.58. The Bertz CT molecular complexity index is 623. The normalized spacial score (nSPS) is 17.8. The summed E-state index contributed by atoms with van der Waals surface area (Å²) >= 11 is 0. The molecule has 1 saturated heterocycles. The lowest BCUT2D eigenvalue weighted by atomic mass is 9.98. The lowest BCUT2D eigenvalue weighted by Gasteiger charge is -2.21. The molecule has 7 heteroatoms. The largest absolute Gasteiger partial charge is 0.381 e. The standard InChI is InChI=1S/C16H20N4O3/c21-14(9-12-3-2-8-22-11-12)18-7-5-15-19-16(20-23-15)13-4-1-6-17-10-13/h1,4,6,10,12H,2-3,5,7-9,11H2,(H,18,21). The van der Waals surface area contributed by atoms with E-state index in [0.717, 1.165) is 25.0 Å². The van der Waals surface area contributed by atoms with Gasteiger partial charge in [0.2, 0.25) is 17.6 Å². The first-order valence-corrected chi connectivity index (χ1v) is 7.88. The quantitative estimate of drug-likeness (QED) is 0.870. The van der Waals surface area contributed by atoms with Gasteiger partial charge in [0.1, 0.15) is 0 Å². The number of hydrogen-bond donors (Lipinski definition) is 1. The molecule has 3 rings (SSSR count). The van der Waals surface area contributed by atoms with Gasteiger partial charge in [-0.25, -0.2) is 0 Å². The molecule has 0 radical (unpaired) electrons. The van der Waals surface area contributed by atoms with Crippen molar-refractivity contribution < 1.29 is 14.1 Å². The molecule has 1 atom stereocenters. The molecular formula is C16H20N4O3. The molecule has 2 aromatic rings. The molecular weight excluding hydrogens is 296 g/mol. The highest BCUT2D eigenvalue weighted by atomic mass is 16.5. The maximum Gasteiger partial charge on any atom is 0.228 e. The summed E-state index contributed by atoms with van der Waals surface area (Å²) in [4.78, 5) is 20.2. The van der Waals surface area contributed by atoms with Crippen LogP contribution in [0.3, 0.4) is 0 Å². The second-order valence-corrected chi connectivity index (χ2v) is 5.64. The Kier molecular flexibility index (Phi) is 5.31. The van der Waals surface area contributed by atoms with E-state index in [1.165, 1.54) is 0 Å². The predicted octanol–water partition coefficient (Wildman–Crippen LogP) is 1.61. The summed E-state index contributed by atoms with van der Waals surface area (Å²) in [6.07, 6.45) is 6.51. The molecule has 1 N–H and O–H groups in total. The van der Waals surface area contributed by atoms with Crippen LogP contribution >= 0.6 is 0 Å². The van der Waals surface area contributed by atoms with Crippen molar-refractivity contribution in [3.63, 3.8) is 0 Å². The molecule has 0 saturated carbocycles. The van der Waals surface area contributed by atoms with Crippen molar-refractivity contribution in [1.82, 2.24) is 20.4 Å². The minimum Gasteiger partial charge on any atom is -0.381 e. The molecule has 1 aliphatic heterocycles. The molecule has 0 bridgehead atoms. The number of pyridine rings is 1. The molecule has 23 heavy (non-hydrogen) atoms. The first-order valence-electron chi connectivity index (χ1n) is 7.88. The van der Waals surface area contributed by atoms with Gasteiger partial charge in [-0.2, -0.15) is 4.98 Å². The van der Waals surface area contributed by atoms with Crippen molar-refractivity contribution in [1.29, 1.82) is 0 Å². The molecule has 2 aromatic heterocycles. The van der Waals surface area contributed by atoms with E-state index in [0.29, 0.717) is 43.6 Å². The van der Waals surface area contributed by atoms with Gasteiger partial charge in [0.25, 0.3) is 0 Å². The van der Waals surface area contributed by atoms with Gasteiger partial charge in [-0.15, -0.1) is 0 Å². The highest BCUT2D eigenvalue weighted by molar-refractivity contribution is 5.76. The van der Waals surface area contributed by atoms with Gasteiger partial charge in [-0.05, 0) is 30.9 Å². The van der Waals surface area contributed by atoms with Crippen LogP contribution in [0.25, 0.3) is 11.4 Å². The van der Waals surface area contributed by atoms with E-state index in [4.69, 9.17) is 9.26 Å². The van der Waals surface area contributed by atoms with Crippen molar-refractivity contribution in [2.24, 2.45) is 5.92 Å². The van der Waals surface area contributed by atoms with Crippen molar-refractivity contribution in [2.75, 3.05) is 19.8 Å². The van der Waals surface area contributed by atoms with Crippen molar-refractivity contribution in [3.8, 4) is 11.4 Å². The maximum absolute atomic E-state index is 11.9. The molecule has 1 unspecified atom stereocenters. The zero-order valence-electron chi connectivity index (χ0n) is 12.9. The Morgan fingerprint density at radius 3 is 3.17 bits per heavy atom. The van der Waals surface area contributed by atoms with E-state index in [9.17, 15) is 4.79 Å². The van der Waals surface area contributed by atoms with Crippen LogP contribution in [-0.4, -0.2) is 40.8 Å². The number of carbonyl (C=O) groups excluding carboxylic acids is 1. The van der Waals surface area contributed by atoms with E-state index in [-0.39, 0.29) is 5.91 Å². The van der Waals surface area contributed by atoms with Crippen LogP contribution in [0.15, 0.2) is 29.0 Å². The minimum absolute atomic E-state index is 0.0486. The number of nitrogens with one attached hydrogen (secondary N) is 1. The first-order chi connectivity index (χ1) is 11.3. The number of carbonyl (C=O) groups is 1. The Labute approximate surface area is 134 Å². The highest BCUT2D eigenvalue weighted by Gasteiger charge is 2.17. The second-order valence-electron chi connectivity index (χ2n) is 5.64. The van der Waals surface area contributed by atoms with Crippen LogP contribution in [-0.2, 0) is 16.0 Å². The van der Waals surface area contributed by atoms with Crippen LogP contribution in [0.5, 0.6) is 0 Å². The number of rotatable bonds is 6. The van der Waals surface area contributed by atoms with Gasteiger partial charge >= 0.3 is 0 Å². The molecule has 0 aliphatic carbocycles. The summed E-state index contributed by atoms with van der Waals surface area (Å²) in [7, 11) is 0. The van der Waals surface area contributed by atoms with E-state index in [1.807, 2.05) is 12.1 Å². The summed E-state index contributed by atoms with van der Waals surface area (Å²) in [6, 6.07) is 3.69. The third-order valence-corrected chi connectivity index (χ3v) is 3.78. The van der Waals surface area contributed by atoms with Gasteiger partial charge < -0.3 is 14.6 Å². The SMILES string of the molecule is O=C(CC1CCCOC1)NCCc1nc(-c2cccnc2)no1. The van der Waals surface area contributed by atoms with Crippen molar-refractivity contribution >= 4 is 5.91 Å². The van der Waals surface area contributed by atoms with Gasteiger partial charge in [0, 0.05) is 50.6 Å². The van der Waals surface area contributed by atoms with Crippen LogP contribution in [0.2, 0.25) is 0 Å². The topological polar surface area (TPSA) is 90.1 Å². The monoisotopic (exact) mass is 316 g/mol. The van der Waals surface area contributed by atoms with Gasteiger partial charge in [0.15, 0.2) is 0 Å². The van der Waals surface area contributed by atoms with Crippen LogP contribution < -0.4 is 5.32 Å². The van der Waals surface area contributed by atoms with Gasteiger partial charge in [0.05, 0.1) is 0 Å². The number of ether oxygens (including phenoxy) is 1. The lowest BCUT2D eigenvalue weighted by Crippen LogP contribution is -2.30. The average Bonchev–Trinajstić information content (AvgIpc) is 3.05. The third-order valence-electron chi connectivity index (χ3n) is 3.78. The molecule has 0 spiro atoms. The van der Waals surface area contributed by atoms with E-state index >= 15 is 0 Å². The minimum atomic E-state index is 0.0486.